The van der Waals surface area contributed by atoms with Crippen LogP contribution in [0.3, 0.4) is 0 Å². The van der Waals surface area contributed by atoms with Gasteiger partial charge in [0.25, 0.3) is 0 Å². The van der Waals surface area contributed by atoms with Crippen LogP contribution in [0, 0.1) is 29.2 Å². The van der Waals surface area contributed by atoms with Crippen molar-refractivity contribution >= 4 is 0 Å². The van der Waals surface area contributed by atoms with Crippen molar-refractivity contribution in [2.24, 2.45) is 5.92 Å². The van der Waals surface area contributed by atoms with E-state index in [1.807, 2.05) is 0 Å². The molecule has 1 saturated carbocycles. The van der Waals surface area contributed by atoms with E-state index in [9.17, 15) is 17.6 Å². The first-order chi connectivity index (χ1) is 16.4. The highest BCUT2D eigenvalue weighted by Crippen LogP contribution is 2.39. The minimum atomic E-state index is -1.13. The maximum Gasteiger partial charge on any atom is 0.204 e. The molecule has 0 aromatic heterocycles. The summed E-state index contributed by atoms with van der Waals surface area (Å²) in [5.74, 6) is -3.54. The van der Waals surface area contributed by atoms with Crippen molar-refractivity contribution in [3.8, 4) is 22.6 Å². The summed E-state index contributed by atoms with van der Waals surface area (Å²) in [6.07, 6.45) is 5.03. The molecule has 0 atom stereocenters. The Labute approximate surface area is 197 Å². The number of hydrogen-bond acceptors (Lipinski definition) is 2. The summed E-state index contributed by atoms with van der Waals surface area (Å²) >= 11 is 0. The average molecular weight is 473 g/mol. The molecule has 1 fully saturated rings. The predicted molar refractivity (Wildman–Crippen MR) is 124 cm³/mol. The van der Waals surface area contributed by atoms with Crippen LogP contribution in [0.25, 0.3) is 11.1 Å². The number of benzene rings is 3. The molecule has 2 nitrogen and oxygen atoms in total. The third-order valence-corrected chi connectivity index (χ3v) is 6.87. The van der Waals surface area contributed by atoms with Crippen molar-refractivity contribution < 1.29 is 27.0 Å². The molecular formula is C28H28F4O2. The number of halogens is 4. The van der Waals surface area contributed by atoms with Gasteiger partial charge in [-0.25, -0.2) is 8.78 Å². The molecule has 1 aliphatic rings. The number of hydrogen-bond donors (Lipinski definition) is 0. The Hall–Kier alpha value is -3.02. The zero-order chi connectivity index (χ0) is 24.2. The van der Waals surface area contributed by atoms with Gasteiger partial charge in [0.15, 0.2) is 23.1 Å². The van der Waals surface area contributed by atoms with Crippen molar-refractivity contribution in [2.45, 2.75) is 51.6 Å². The zero-order valence-electron chi connectivity index (χ0n) is 19.3. The summed E-state index contributed by atoms with van der Waals surface area (Å²) in [5, 5.41) is 0. The lowest BCUT2D eigenvalue weighted by molar-refractivity contribution is 0.280. The van der Waals surface area contributed by atoms with E-state index in [0.29, 0.717) is 22.6 Å². The van der Waals surface area contributed by atoms with Crippen LogP contribution in [0.2, 0.25) is 0 Å². The summed E-state index contributed by atoms with van der Waals surface area (Å²) < 4.78 is 68.0. The number of methoxy groups -OCH3 is 1. The van der Waals surface area contributed by atoms with Crippen molar-refractivity contribution in [3.63, 3.8) is 0 Å². The van der Waals surface area contributed by atoms with E-state index in [1.54, 1.807) is 36.4 Å². The predicted octanol–water partition coefficient (Wildman–Crippen LogP) is 8.18. The quantitative estimate of drug-likeness (QED) is 0.323. The lowest BCUT2D eigenvalue weighted by Crippen LogP contribution is -2.14. The van der Waals surface area contributed by atoms with Crippen LogP contribution in [0.1, 0.15) is 56.1 Å². The molecule has 0 spiro atoms. The highest BCUT2D eigenvalue weighted by Gasteiger charge is 2.26. The van der Waals surface area contributed by atoms with Gasteiger partial charge in [-0.05, 0) is 66.3 Å². The van der Waals surface area contributed by atoms with Gasteiger partial charge in [-0.15, -0.1) is 0 Å². The van der Waals surface area contributed by atoms with E-state index in [-0.39, 0.29) is 29.6 Å². The first-order valence-corrected chi connectivity index (χ1v) is 11.6. The summed E-state index contributed by atoms with van der Waals surface area (Å²) in [7, 11) is 1.25. The molecule has 0 radical (unpaired) electrons. The monoisotopic (exact) mass is 472 g/mol. The van der Waals surface area contributed by atoms with Crippen molar-refractivity contribution in [1.29, 1.82) is 0 Å². The number of ether oxygens (including phenoxy) is 2. The minimum Gasteiger partial charge on any atom is -0.494 e. The van der Waals surface area contributed by atoms with Crippen LogP contribution in [-0.2, 0) is 6.61 Å². The van der Waals surface area contributed by atoms with Crippen molar-refractivity contribution in [2.75, 3.05) is 7.11 Å². The molecule has 0 bridgehead atoms. The lowest BCUT2D eigenvalue weighted by atomic mass is 9.77. The Morgan fingerprint density at radius 2 is 1.38 bits per heavy atom. The molecule has 4 rings (SSSR count). The fourth-order valence-electron chi connectivity index (χ4n) is 4.71. The van der Waals surface area contributed by atoms with Gasteiger partial charge in [0.2, 0.25) is 11.6 Å². The fourth-order valence-corrected chi connectivity index (χ4v) is 4.71. The van der Waals surface area contributed by atoms with Crippen LogP contribution in [0.15, 0.2) is 48.5 Å². The summed E-state index contributed by atoms with van der Waals surface area (Å²) in [6, 6.07) is 12.6. The first kappa shape index (κ1) is 24.1. The van der Waals surface area contributed by atoms with E-state index < -0.39 is 23.3 Å². The Morgan fingerprint density at radius 3 is 2.03 bits per heavy atom. The maximum atomic E-state index is 15.0. The topological polar surface area (TPSA) is 18.5 Å². The smallest absolute Gasteiger partial charge is 0.204 e. The fraction of sp³-hybridized carbons (Fsp3) is 0.357. The maximum absolute atomic E-state index is 15.0. The molecule has 3 aromatic rings. The SMILES string of the molecule is CCC1CCC(c2ccc(-c3ccc(COc4ccc(OC)c(F)c4F)cc3)c(F)c2F)CC1. The molecule has 0 heterocycles. The second-order valence-electron chi connectivity index (χ2n) is 8.84. The molecular weight excluding hydrogens is 444 g/mol. The molecule has 0 aliphatic heterocycles. The van der Waals surface area contributed by atoms with Crippen LogP contribution in [0.5, 0.6) is 11.5 Å². The van der Waals surface area contributed by atoms with E-state index >= 15 is 0 Å². The van der Waals surface area contributed by atoms with Gasteiger partial charge < -0.3 is 9.47 Å². The average Bonchev–Trinajstić information content (AvgIpc) is 2.87. The molecule has 6 heteroatoms. The molecule has 1 aliphatic carbocycles. The second-order valence-corrected chi connectivity index (χ2v) is 8.84. The van der Waals surface area contributed by atoms with Gasteiger partial charge in [-0.1, -0.05) is 49.7 Å². The largest absolute Gasteiger partial charge is 0.494 e. The molecule has 34 heavy (non-hydrogen) atoms. The Kier molecular flexibility index (Phi) is 7.44. The van der Waals surface area contributed by atoms with Crippen molar-refractivity contribution in [1.82, 2.24) is 0 Å². The third kappa shape index (κ3) is 4.91. The third-order valence-electron chi connectivity index (χ3n) is 6.87. The summed E-state index contributed by atoms with van der Waals surface area (Å²) in [4.78, 5) is 0. The molecule has 0 N–H and O–H groups in total. The van der Waals surface area contributed by atoms with Crippen LogP contribution in [-0.4, -0.2) is 7.11 Å². The van der Waals surface area contributed by atoms with Gasteiger partial charge in [0, 0.05) is 5.56 Å². The molecule has 180 valence electrons. The Morgan fingerprint density at radius 1 is 0.735 bits per heavy atom. The van der Waals surface area contributed by atoms with Gasteiger partial charge >= 0.3 is 0 Å². The Bertz CT molecular complexity index is 1140. The minimum absolute atomic E-state index is 0.0147. The molecule has 0 unspecified atom stereocenters. The van der Waals surface area contributed by atoms with Gasteiger partial charge in [-0.2, -0.15) is 8.78 Å². The van der Waals surface area contributed by atoms with E-state index in [4.69, 9.17) is 9.47 Å². The van der Waals surface area contributed by atoms with E-state index in [0.717, 1.165) is 32.1 Å². The highest BCUT2D eigenvalue weighted by molar-refractivity contribution is 5.65. The molecule has 0 amide bonds. The summed E-state index contributed by atoms with van der Waals surface area (Å²) in [6.45, 7) is 2.16. The van der Waals surface area contributed by atoms with Crippen LogP contribution >= 0.6 is 0 Å². The molecule has 0 saturated heterocycles. The summed E-state index contributed by atoms with van der Waals surface area (Å²) in [5.41, 5.74) is 1.86. The number of rotatable bonds is 7. The lowest BCUT2D eigenvalue weighted by Gasteiger charge is -2.28. The van der Waals surface area contributed by atoms with Crippen molar-refractivity contribution in [3.05, 3.63) is 82.9 Å². The van der Waals surface area contributed by atoms with Gasteiger partial charge in [-0.3, -0.25) is 0 Å². The zero-order valence-corrected chi connectivity index (χ0v) is 19.3. The highest BCUT2D eigenvalue weighted by atomic mass is 19.2. The first-order valence-electron chi connectivity index (χ1n) is 11.6. The van der Waals surface area contributed by atoms with E-state index in [2.05, 4.69) is 6.92 Å². The second kappa shape index (κ2) is 10.5. The van der Waals surface area contributed by atoms with E-state index in [1.165, 1.54) is 19.2 Å². The normalized spacial score (nSPS) is 18.1. The van der Waals surface area contributed by atoms with Crippen LogP contribution < -0.4 is 9.47 Å². The standard InChI is InChI=1S/C28H28F4O2/c1-3-17-4-8-19(9-5-17)21-12-13-22(26(30)25(21)29)20-10-6-18(7-11-20)16-34-24-15-14-23(33-2)27(31)28(24)32/h6-7,10-15,17,19H,3-5,8-9,16H2,1-2H3. The Balaban J connectivity index is 1.46. The van der Waals surface area contributed by atoms with Gasteiger partial charge in [0.05, 0.1) is 7.11 Å². The van der Waals surface area contributed by atoms with Crippen LogP contribution in [0.4, 0.5) is 17.6 Å². The molecule has 3 aromatic carbocycles. The van der Waals surface area contributed by atoms with Gasteiger partial charge in [0.1, 0.15) is 6.61 Å².